The lowest BCUT2D eigenvalue weighted by Crippen LogP contribution is -2.50. The summed E-state index contributed by atoms with van der Waals surface area (Å²) in [5.41, 5.74) is 2.34. The van der Waals surface area contributed by atoms with Gasteiger partial charge < -0.3 is 30.3 Å². The van der Waals surface area contributed by atoms with Crippen LogP contribution in [0, 0.1) is 5.92 Å². The Morgan fingerprint density at radius 1 is 1.00 bits per heavy atom. The molecule has 0 saturated heterocycles. The van der Waals surface area contributed by atoms with Crippen LogP contribution in [0.1, 0.15) is 29.8 Å². The van der Waals surface area contributed by atoms with E-state index in [2.05, 4.69) is 10.6 Å². The fraction of sp³-hybridized carbons (Fsp3) is 0.286. The van der Waals surface area contributed by atoms with Gasteiger partial charge in [0, 0.05) is 30.6 Å². The first-order chi connectivity index (χ1) is 21.2. The van der Waals surface area contributed by atoms with Gasteiger partial charge in [0.25, 0.3) is 5.91 Å². The Kier molecular flexibility index (Phi) is 9.45. The van der Waals surface area contributed by atoms with Crippen LogP contribution in [0.3, 0.4) is 0 Å². The third-order valence-corrected chi connectivity index (χ3v) is 7.99. The van der Waals surface area contributed by atoms with Crippen LogP contribution in [-0.4, -0.2) is 71.6 Å². The molecule has 228 valence electrons. The molecule has 4 aromatic rings. The predicted octanol–water partition coefficient (Wildman–Crippen LogP) is 5.41. The molecule has 9 nitrogen and oxygen atoms in total. The molecule has 44 heavy (non-hydrogen) atoms. The molecule has 0 aliphatic carbocycles. The molecule has 5 rings (SSSR count). The fourth-order valence-electron chi connectivity index (χ4n) is 5.40. The van der Waals surface area contributed by atoms with Crippen molar-refractivity contribution < 1.29 is 24.2 Å². The SMILES string of the molecule is C[C@H](CO)N1C[C@H](C)[C@H](CN(C)C(=O)Nc2cccc3ccccc23)Oc2ccc(NC(=O)Cc3ccccc3)cc2C1=O. The molecule has 1 heterocycles. The zero-order chi connectivity index (χ0) is 31.2. The molecule has 0 radical (unpaired) electrons. The van der Waals surface area contributed by atoms with E-state index in [0.29, 0.717) is 23.7 Å². The molecule has 1 aliphatic heterocycles. The van der Waals surface area contributed by atoms with E-state index in [9.17, 15) is 19.5 Å². The molecule has 3 N–H and O–H groups in total. The van der Waals surface area contributed by atoms with Crippen molar-refractivity contribution in [2.45, 2.75) is 32.4 Å². The molecule has 1 aliphatic rings. The molecule has 9 heteroatoms. The lowest BCUT2D eigenvalue weighted by molar-refractivity contribution is -0.115. The molecule has 0 unspecified atom stereocenters. The average Bonchev–Trinajstić information content (AvgIpc) is 3.03. The normalized spacial score (nSPS) is 17.1. The summed E-state index contributed by atoms with van der Waals surface area (Å²) in [6, 6.07) is 27.3. The van der Waals surface area contributed by atoms with Crippen molar-refractivity contribution in [3.05, 3.63) is 102 Å². The van der Waals surface area contributed by atoms with Gasteiger partial charge in [0.05, 0.1) is 36.9 Å². The summed E-state index contributed by atoms with van der Waals surface area (Å²) in [6.45, 7) is 4.11. The maximum absolute atomic E-state index is 13.8. The van der Waals surface area contributed by atoms with Gasteiger partial charge in [-0.3, -0.25) is 9.59 Å². The van der Waals surface area contributed by atoms with E-state index in [4.69, 9.17) is 4.74 Å². The van der Waals surface area contributed by atoms with Crippen molar-refractivity contribution in [3.63, 3.8) is 0 Å². The second-order valence-corrected chi connectivity index (χ2v) is 11.4. The lowest BCUT2D eigenvalue weighted by atomic mass is 9.99. The van der Waals surface area contributed by atoms with E-state index < -0.39 is 12.1 Å². The highest BCUT2D eigenvalue weighted by Gasteiger charge is 2.34. The van der Waals surface area contributed by atoms with Crippen molar-refractivity contribution in [2.75, 3.05) is 37.4 Å². The number of nitrogens with one attached hydrogen (secondary N) is 2. The number of aliphatic hydroxyl groups is 1. The number of aliphatic hydroxyl groups excluding tert-OH is 1. The maximum atomic E-state index is 13.8. The molecule has 0 spiro atoms. The Morgan fingerprint density at radius 3 is 2.50 bits per heavy atom. The number of nitrogens with zero attached hydrogens (tertiary/aromatic N) is 2. The van der Waals surface area contributed by atoms with Crippen LogP contribution >= 0.6 is 0 Å². The molecule has 3 atom stereocenters. The zero-order valence-corrected chi connectivity index (χ0v) is 25.2. The van der Waals surface area contributed by atoms with E-state index >= 15 is 0 Å². The first-order valence-electron chi connectivity index (χ1n) is 14.8. The Labute approximate surface area is 257 Å². The highest BCUT2D eigenvalue weighted by Crippen LogP contribution is 2.31. The van der Waals surface area contributed by atoms with E-state index in [1.807, 2.05) is 79.7 Å². The summed E-state index contributed by atoms with van der Waals surface area (Å²) in [6.07, 6.45) is -0.264. The van der Waals surface area contributed by atoms with E-state index in [-0.39, 0.29) is 48.9 Å². The van der Waals surface area contributed by atoms with Crippen molar-refractivity contribution in [1.82, 2.24) is 9.80 Å². The third-order valence-electron chi connectivity index (χ3n) is 7.99. The summed E-state index contributed by atoms with van der Waals surface area (Å²) in [5, 5.41) is 17.8. The fourth-order valence-corrected chi connectivity index (χ4v) is 5.40. The molecule has 4 aromatic carbocycles. The standard InChI is InChI=1S/C35H38N4O5/c1-23-20-39(24(2)22-40)34(42)29-19-27(36-33(41)18-25-10-5-4-6-11-25)16-17-31(29)44-32(23)21-38(3)35(43)37-30-15-9-13-26-12-7-8-14-28(26)30/h4-17,19,23-24,32,40H,18,20-22H2,1-3H3,(H,36,41)(H,37,43)/t23-,24+,32-/m0/s1. The second kappa shape index (κ2) is 13.6. The Hall–Kier alpha value is -4.89. The van der Waals surface area contributed by atoms with Gasteiger partial charge in [-0.05, 0) is 42.1 Å². The van der Waals surface area contributed by atoms with Crippen LogP contribution in [0.2, 0.25) is 0 Å². The zero-order valence-electron chi connectivity index (χ0n) is 25.2. The third kappa shape index (κ3) is 7.01. The summed E-state index contributed by atoms with van der Waals surface area (Å²) < 4.78 is 6.43. The monoisotopic (exact) mass is 594 g/mol. The first-order valence-corrected chi connectivity index (χ1v) is 14.8. The smallest absolute Gasteiger partial charge is 0.321 e. The van der Waals surface area contributed by atoms with Gasteiger partial charge in [-0.2, -0.15) is 0 Å². The topological polar surface area (TPSA) is 111 Å². The van der Waals surface area contributed by atoms with E-state index in [1.54, 1.807) is 42.0 Å². The highest BCUT2D eigenvalue weighted by molar-refractivity contribution is 6.02. The summed E-state index contributed by atoms with van der Waals surface area (Å²) in [4.78, 5) is 43.0. The molecule has 0 fully saturated rings. The minimum absolute atomic E-state index is 0.167. The minimum atomic E-state index is -0.461. The van der Waals surface area contributed by atoms with Crippen molar-refractivity contribution >= 4 is 40.0 Å². The molecule has 0 saturated carbocycles. The van der Waals surface area contributed by atoms with E-state index in [1.165, 1.54) is 0 Å². The van der Waals surface area contributed by atoms with Crippen LogP contribution in [0.5, 0.6) is 5.75 Å². The Morgan fingerprint density at radius 2 is 1.73 bits per heavy atom. The summed E-state index contributed by atoms with van der Waals surface area (Å²) in [5.74, 6) is -0.320. The number of carbonyl (C=O) groups is 3. The van der Waals surface area contributed by atoms with Crippen LogP contribution in [0.4, 0.5) is 16.2 Å². The van der Waals surface area contributed by atoms with Gasteiger partial charge in [-0.25, -0.2) is 4.79 Å². The highest BCUT2D eigenvalue weighted by atomic mass is 16.5. The van der Waals surface area contributed by atoms with Gasteiger partial charge in [0.2, 0.25) is 5.91 Å². The Bertz CT molecular complexity index is 1640. The molecular formula is C35H38N4O5. The van der Waals surface area contributed by atoms with Crippen molar-refractivity contribution in [2.24, 2.45) is 5.92 Å². The number of ether oxygens (including phenoxy) is 1. The number of likely N-dealkylation sites (N-methyl/N-ethyl adjacent to an activating group) is 1. The van der Waals surface area contributed by atoms with Gasteiger partial charge >= 0.3 is 6.03 Å². The Balaban J connectivity index is 1.36. The number of amides is 4. The van der Waals surface area contributed by atoms with Gasteiger partial charge in [-0.1, -0.05) is 73.7 Å². The number of anilines is 2. The number of benzene rings is 4. The van der Waals surface area contributed by atoms with Crippen molar-refractivity contribution in [3.8, 4) is 5.75 Å². The van der Waals surface area contributed by atoms with Crippen LogP contribution < -0.4 is 15.4 Å². The lowest BCUT2D eigenvalue weighted by Gasteiger charge is -2.38. The van der Waals surface area contributed by atoms with Gasteiger partial charge in [0.1, 0.15) is 11.9 Å². The maximum Gasteiger partial charge on any atom is 0.321 e. The summed E-state index contributed by atoms with van der Waals surface area (Å²) >= 11 is 0. The molecule has 0 aromatic heterocycles. The van der Waals surface area contributed by atoms with Crippen LogP contribution in [0.25, 0.3) is 10.8 Å². The average molecular weight is 595 g/mol. The van der Waals surface area contributed by atoms with Gasteiger partial charge in [-0.15, -0.1) is 0 Å². The van der Waals surface area contributed by atoms with Crippen LogP contribution in [-0.2, 0) is 11.2 Å². The number of hydrogen-bond donors (Lipinski definition) is 3. The quantitative estimate of drug-likeness (QED) is 0.253. The number of hydrogen-bond acceptors (Lipinski definition) is 5. The molecule has 4 amide bonds. The number of fused-ring (bicyclic) bond motifs is 2. The number of rotatable bonds is 8. The largest absolute Gasteiger partial charge is 0.487 e. The summed E-state index contributed by atoms with van der Waals surface area (Å²) in [7, 11) is 1.71. The predicted molar refractivity (Wildman–Crippen MR) is 172 cm³/mol. The first kappa shape index (κ1) is 30.6. The number of carbonyl (C=O) groups excluding carboxylic acids is 3. The minimum Gasteiger partial charge on any atom is -0.487 e. The molecular weight excluding hydrogens is 556 g/mol. The number of urea groups is 1. The van der Waals surface area contributed by atoms with Crippen molar-refractivity contribution in [1.29, 1.82) is 0 Å². The van der Waals surface area contributed by atoms with E-state index in [0.717, 1.165) is 16.3 Å². The van der Waals surface area contributed by atoms with Gasteiger partial charge in [0.15, 0.2) is 0 Å². The van der Waals surface area contributed by atoms with Crippen LogP contribution in [0.15, 0.2) is 91.0 Å². The second-order valence-electron chi connectivity index (χ2n) is 11.4. The molecule has 0 bridgehead atoms.